The molecule has 9 heteroatoms. The average molecular weight is 351 g/mol. The van der Waals surface area contributed by atoms with Crippen molar-refractivity contribution in [2.75, 3.05) is 7.05 Å². The van der Waals surface area contributed by atoms with Gasteiger partial charge in [0, 0.05) is 39.1 Å². The van der Waals surface area contributed by atoms with Crippen LogP contribution in [0, 0.1) is 0 Å². The average Bonchev–Trinajstić information content (AvgIpc) is 3.12. The van der Waals surface area contributed by atoms with Crippen LogP contribution < -0.4 is 5.32 Å². The van der Waals surface area contributed by atoms with Crippen LogP contribution in [0.4, 0.5) is 0 Å². The Bertz CT molecular complexity index is 755. The lowest BCUT2D eigenvalue weighted by Crippen LogP contribution is -2.52. The van der Waals surface area contributed by atoms with E-state index < -0.39 is 0 Å². The van der Waals surface area contributed by atoms with Gasteiger partial charge in [0.25, 0.3) is 0 Å². The summed E-state index contributed by atoms with van der Waals surface area (Å²) >= 11 is 5.81. The molecule has 1 aliphatic heterocycles. The summed E-state index contributed by atoms with van der Waals surface area (Å²) in [5, 5.41) is 7.49. The van der Waals surface area contributed by atoms with Crippen LogP contribution in [0.3, 0.4) is 0 Å². The Balaban J connectivity index is 1.75. The molecule has 0 saturated carbocycles. The molecule has 1 fully saturated rings. The quantitative estimate of drug-likeness (QED) is 0.881. The first-order chi connectivity index (χ1) is 11.5. The SMILES string of the molecule is CN1C(=O)CC[C@@H](NC(=O)Cn2cc(Cl)cn2)[C@@H]1c1nccn1C. The highest BCUT2D eigenvalue weighted by atomic mass is 35.5. The molecule has 0 bridgehead atoms. The molecule has 1 aliphatic rings. The van der Waals surface area contributed by atoms with Crippen molar-refractivity contribution in [1.82, 2.24) is 29.5 Å². The molecule has 0 aromatic carbocycles. The van der Waals surface area contributed by atoms with Crippen molar-refractivity contribution in [2.24, 2.45) is 7.05 Å². The third-order valence-corrected chi connectivity index (χ3v) is 4.43. The summed E-state index contributed by atoms with van der Waals surface area (Å²) in [5.74, 6) is 0.618. The van der Waals surface area contributed by atoms with Gasteiger partial charge in [0.2, 0.25) is 11.8 Å². The highest BCUT2D eigenvalue weighted by Gasteiger charge is 2.37. The third kappa shape index (κ3) is 3.28. The molecule has 0 aliphatic carbocycles. The number of hydrogen-bond acceptors (Lipinski definition) is 4. The van der Waals surface area contributed by atoms with Crippen LogP contribution in [0.25, 0.3) is 0 Å². The summed E-state index contributed by atoms with van der Waals surface area (Å²) in [6.45, 7) is 0.0775. The highest BCUT2D eigenvalue weighted by molar-refractivity contribution is 6.30. The van der Waals surface area contributed by atoms with E-state index in [1.54, 1.807) is 24.3 Å². The number of piperidine rings is 1. The second kappa shape index (κ2) is 6.64. The van der Waals surface area contributed by atoms with Crippen LogP contribution in [0.5, 0.6) is 0 Å². The molecule has 0 unspecified atom stereocenters. The second-order valence-electron chi connectivity index (χ2n) is 5.91. The number of likely N-dealkylation sites (N-methyl/N-ethyl adjacent to an activating group) is 1. The molecule has 24 heavy (non-hydrogen) atoms. The van der Waals surface area contributed by atoms with Crippen molar-refractivity contribution >= 4 is 23.4 Å². The van der Waals surface area contributed by atoms with Gasteiger partial charge in [0.1, 0.15) is 18.4 Å². The second-order valence-corrected chi connectivity index (χ2v) is 6.35. The number of carbonyl (C=O) groups is 2. The fourth-order valence-corrected chi connectivity index (χ4v) is 3.19. The maximum Gasteiger partial charge on any atom is 0.242 e. The fourth-order valence-electron chi connectivity index (χ4n) is 3.03. The minimum Gasteiger partial charge on any atom is -0.349 e. The van der Waals surface area contributed by atoms with E-state index in [1.165, 1.54) is 10.9 Å². The zero-order chi connectivity index (χ0) is 17.3. The van der Waals surface area contributed by atoms with Crippen LogP contribution in [0.2, 0.25) is 5.02 Å². The first-order valence-electron chi connectivity index (χ1n) is 7.66. The monoisotopic (exact) mass is 350 g/mol. The van der Waals surface area contributed by atoms with E-state index in [-0.39, 0.29) is 30.4 Å². The van der Waals surface area contributed by atoms with Gasteiger partial charge < -0.3 is 14.8 Å². The summed E-state index contributed by atoms with van der Waals surface area (Å²) in [6.07, 6.45) is 7.56. The Labute approximate surface area is 144 Å². The number of nitrogens with one attached hydrogen (secondary N) is 1. The lowest BCUT2D eigenvalue weighted by atomic mass is 9.95. The number of imidazole rings is 1. The van der Waals surface area contributed by atoms with Gasteiger partial charge >= 0.3 is 0 Å². The molecule has 2 amide bonds. The maximum atomic E-state index is 12.3. The molecule has 2 atom stereocenters. The van der Waals surface area contributed by atoms with E-state index in [1.807, 2.05) is 17.8 Å². The topological polar surface area (TPSA) is 85.1 Å². The summed E-state index contributed by atoms with van der Waals surface area (Å²) in [5.41, 5.74) is 0. The molecule has 8 nitrogen and oxygen atoms in total. The number of hydrogen-bond donors (Lipinski definition) is 1. The number of aryl methyl sites for hydroxylation is 1. The van der Waals surface area contributed by atoms with Crippen molar-refractivity contribution in [2.45, 2.75) is 31.5 Å². The Morgan fingerprint density at radius 2 is 2.25 bits per heavy atom. The lowest BCUT2D eigenvalue weighted by Gasteiger charge is -2.38. The summed E-state index contributed by atoms with van der Waals surface area (Å²) < 4.78 is 3.34. The largest absolute Gasteiger partial charge is 0.349 e. The minimum atomic E-state index is -0.295. The van der Waals surface area contributed by atoms with Gasteiger partial charge in [-0.2, -0.15) is 5.10 Å². The minimum absolute atomic E-state index is 0.0485. The standard InChI is InChI=1S/C15H19ClN6O2/c1-20-6-5-17-15(20)14-11(3-4-13(24)21(14)2)19-12(23)9-22-8-10(16)7-18-22/h5-8,11,14H,3-4,9H2,1-2H3,(H,19,23)/t11-,14-/m1/s1. The van der Waals surface area contributed by atoms with Crippen LogP contribution in [0.15, 0.2) is 24.8 Å². The zero-order valence-electron chi connectivity index (χ0n) is 13.5. The van der Waals surface area contributed by atoms with Crippen LogP contribution in [0.1, 0.15) is 24.7 Å². The van der Waals surface area contributed by atoms with Gasteiger partial charge in [-0.1, -0.05) is 11.6 Å². The zero-order valence-corrected chi connectivity index (χ0v) is 14.3. The Morgan fingerprint density at radius 3 is 2.88 bits per heavy atom. The lowest BCUT2D eigenvalue weighted by molar-refractivity contribution is -0.138. The maximum absolute atomic E-state index is 12.3. The number of halogens is 1. The third-order valence-electron chi connectivity index (χ3n) is 4.24. The molecule has 128 valence electrons. The predicted molar refractivity (Wildman–Crippen MR) is 87.1 cm³/mol. The van der Waals surface area contributed by atoms with Gasteiger partial charge in [-0.05, 0) is 6.42 Å². The van der Waals surface area contributed by atoms with Crippen molar-refractivity contribution in [3.05, 3.63) is 35.6 Å². The smallest absolute Gasteiger partial charge is 0.242 e. The number of amides is 2. The highest BCUT2D eigenvalue weighted by Crippen LogP contribution is 2.29. The van der Waals surface area contributed by atoms with Crippen molar-refractivity contribution < 1.29 is 9.59 Å². The van der Waals surface area contributed by atoms with E-state index in [9.17, 15) is 9.59 Å². The van der Waals surface area contributed by atoms with Gasteiger partial charge in [0.15, 0.2) is 0 Å². The Hall–Kier alpha value is -2.35. The number of nitrogens with zero attached hydrogens (tertiary/aromatic N) is 5. The number of carbonyl (C=O) groups excluding carboxylic acids is 2. The number of rotatable bonds is 4. The Morgan fingerprint density at radius 1 is 1.46 bits per heavy atom. The Kier molecular flexibility index (Phi) is 4.57. The van der Waals surface area contributed by atoms with Crippen molar-refractivity contribution in [3.8, 4) is 0 Å². The van der Waals surface area contributed by atoms with Crippen LogP contribution in [-0.2, 0) is 23.2 Å². The van der Waals surface area contributed by atoms with Gasteiger partial charge in [-0.25, -0.2) is 4.98 Å². The molecule has 3 heterocycles. The van der Waals surface area contributed by atoms with Crippen molar-refractivity contribution in [3.63, 3.8) is 0 Å². The van der Waals surface area contributed by atoms with Gasteiger partial charge in [-0.3, -0.25) is 14.3 Å². The van der Waals surface area contributed by atoms with E-state index in [2.05, 4.69) is 15.4 Å². The van der Waals surface area contributed by atoms with E-state index in [0.717, 1.165) is 5.82 Å². The van der Waals surface area contributed by atoms with Gasteiger partial charge in [-0.15, -0.1) is 0 Å². The predicted octanol–water partition coefficient (Wildman–Crippen LogP) is 0.748. The summed E-state index contributed by atoms with van der Waals surface area (Å²) in [4.78, 5) is 30.4. The van der Waals surface area contributed by atoms with Gasteiger partial charge in [0.05, 0.1) is 17.3 Å². The fraction of sp³-hybridized carbons (Fsp3) is 0.467. The van der Waals surface area contributed by atoms with E-state index in [4.69, 9.17) is 11.6 Å². The van der Waals surface area contributed by atoms with E-state index >= 15 is 0 Å². The molecule has 3 rings (SSSR count). The molecule has 2 aromatic heterocycles. The van der Waals surface area contributed by atoms with Crippen LogP contribution in [-0.4, -0.2) is 49.1 Å². The molecule has 1 saturated heterocycles. The summed E-state index contributed by atoms with van der Waals surface area (Å²) in [7, 11) is 3.62. The molecule has 0 radical (unpaired) electrons. The molecule has 2 aromatic rings. The first kappa shape index (κ1) is 16.5. The molecule has 0 spiro atoms. The van der Waals surface area contributed by atoms with E-state index in [0.29, 0.717) is 17.9 Å². The van der Waals surface area contributed by atoms with Crippen molar-refractivity contribution in [1.29, 1.82) is 0 Å². The molecular formula is C15H19ClN6O2. The summed E-state index contributed by atoms with van der Waals surface area (Å²) in [6, 6.07) is -0.497. The normalized spacial score (nSPS) is 21.1. The molecular weight excluding hydrogens is 332 g/mol. The van der Waals surface area contributed by atoms with Crippen LogP contribution >= 0.6 is 11.6 Å². The first-order valence-corrected chi connectivity index (χ1v) is 8.03. The number of likely N-dealkylation sites (tertiary alicyclic amines) is 1. The molecule has 1 N–H and O–H groups in total. The number of aromatic nitrogens is 4.